The molecule has 2 amide bonds. The Morgan fingerprint density at radius 2 is 2.16 bits per heavy atom. The maximum Gasteiger partial charge on any atom is 0.247 e. The third-order valence-corrected chi connectivity index (χ3v) is 3.90. The van der Waals surface area contributed by atoms with E-state index in [4.69, 9.17) is 4.74 Å². The summed E-state index contributed by atoms with van der Waals surface area (Å²) in [7, 11) is 0. The Hall–Kier alpha value is -0.940. The Morgan fingerprint density at radius 1 is 1.42 bits per heavy atom. The SMILES string of the molecule is CCC(C)N1C(=O)CC(NCCOCC2CC2)C1=O. The summed E-state index contributed by atoms with van der Waals surface area (Å²) in [6, 6.07) is -0.357. The molecule has 0 bridgehead atoms. The molecule has 2 fully saturated rings. The zero-order valence-corrected chi connectivity index (χ0v) is 11.9. The van der Waals surface area contributed by atoms with Crippen molar-refractivity contribution in [2.75, 3.05) is 19.8 Å². The standard InChI is InChI=1S/C14H24N2O3/c1-3-10(2)16-13(17)8-12(14(16)18)15-6-7-19-9-11-4-5-11/h10-12,15H,3-9H2,1-2H3. The smallest absolute Gasteiger partial charge is 0.247 e. The van der Waals surface area contributed by atoms with E-state index < -0.39 is 0 Å². The van der Waals surface area contributed by atoms with E-state index in [0.717, 1.165) is 18.9 Å². The molecule has 2 unspecified atom stereocenters. The Balaban J connectivity index is 1.68. The number of hydrogen-bond donors (Lipinski definition) is 1. The van der Waals surface area contributed by atoms with Crippen LogP contribution in [0.1, 0.15) is 39.5 Å². The second-order valence-corrected chi connectivity index (χ2v) is 5.59. The third kappa shape index (κ3) is 3.76. The fourth-order valence-corrected chi connectivity index (χ4v) is 2.30. The Bertz CT molecular complexity index is 342. The van der Waals surface area contributed by atoms with E-state index in [2.05, 4.69) is 5.32 Å². The Kier molecular flexibility index (Phi) is 4.93. The van der Waals surface area contributed by atoms with Crippen molar-refractivity contribution in [3.63, 3.8) is 0 Å². The van der Waals surface area contributed by atoms with E-state index in [1.807, 2.05) is 13.8 Å². The number of nitrogens with one attached hydrogen (secondary N) is 1. The van der Waals surface area contributed by atoms with Gasteiger partial charge in [0.1, 0.15) is 0 Å². The minimum atomic E-state index is -0.356. The van der Waals surface area contributed by atoms with Gasteiger partial charge in [0.25, 0.3) is 0 Å². The first kappa shape index (κ1) is 14.5. The molecule has 1 aliphatic heterocycles. The molecule has 1 aliphatic carbocycles. The minimum Gasteiger partial charge on any atom is -0.380 e. The van der Waals surface area contributed by atoms with Gasteiger partial charge in [-0.1, -0.05) is 6.92 Å². The lowest BCUT2D eigenvalue weighted by Gasteiger charge is -2.21. The van der Waals surface area contributed by atoms with Crippen molar-refractivity contribution in [3.8, 4) is 0 Å². The second-order valence-electron chi connectivity index (χ2n) is 5.59. The van der Waals surface area contributed by atoms with Crippen molar-refractivity contribution in [1.29, 1.82) is 0 Å². The molecule has 0 spiro atoms. The topological polar surface area (TPSA) is 58.6 Å². The lowest BCUT2D eigenvalue weighted by molar-refractivity contribution is -0.141. The normalized spacial score (nSPS) is 25.2. The van der Waals surface area contributed by atoms with Crippen LogP contribution in [-0.4, -0.2) is 48.6 Å². The van der Waals surface area contributed by atoms with Crippen LogP contribution >= 0.6 is 0 Å². The summed E-state index contributed by atoms with van der Waals surface area (Å²) < 4.78 is 5.50. The van der Waals surface area contributed by atoms with Gasteiger partial charge in [0.15, 0.2) is 0 Å². The number of likely N-dealkylation sites (tertiary alicyclic amines) is 1. The van der Waals surface area contributed by atoms with Crippen molar-refractivity contribution in [3.05, 3.63) is 0 Å². The van der Waals surface area contributed by atoms with Crippen molar-refractivity contribution >= 4 is 11.8 Å². The van der Waals surface area contributed by atoms with Crippen LogP contribution < -0.4 is 5.32 Å². The highest BCUT2D eigenvalue weighted by atomic mass is 16.5. The number of hydrogen-bond acceptors (Lipinski definition) is 4. The predicted octanol–water partition coefficient (Wildman–Crippen LogP) is 0.929. The average Bonchev–Trinajstić information content (AvgIpc) is 3.16. The quantitative estimate of drug-likeness (QED) is 0.525. The minimum absolute atomic E-state index is 0.00193. The average molecular weight is 268 g/mol. The predicted molar refractivity (Wildman–Crippen MR) is 71.6 cm³/mol. The Labute approximate surface area is 114 Å². The fraction of sp³-hybridized carbons (Fsp3) is 0.857. The van der Waals surface area contributed by atoms with Gasteiger partial charge in [-0.25, -0.2) is 0 Å². The first-order valence-corrected chi connectivity index (χ1v) is 7.30. The molecule has 2 aliphatic rings. The van der Waals surface area contributed by atoms with Crippen LogP contribution in [0.5, 0.6) is 0 Å². The molecule has 1 saturated carbocycles. The number of carbonyl (C=O) groups is 2. The van der Waals surface area contributed by atoms with Gasteiger partial charge < -0.3 is 10.1 Å². The lowest BCUT2D eigenvalue weighted by Crippen LogP contribution is -2.43. The van der Waals surface area contributed by atoms with Crippen LogP contribution in [0.3, 0.4) is 0 Å². The summed E-state index contributed by atoms with van der Waals surface area (Å²) >= 11 is 0. The molecule has 1 N–H and O–H groups in total. The molecule has 1 saturated heterocycles. The maximum atomic E-state index is 12.1. The van der Waals surface area contributed by atoms with Gasteiger partial charge in [0, 0.05) is 19.2 Å². The highest BCUT2D eigenvalue weighted by Crippen LogP contribution is 2.28. The maximum absolute atomic E-state index is 12.1. The van der Waals surface area contributed by atoms with Crippen molar-refractivity contribution < 1.29 is 14.3 Å². The van der Waals surface area contributed by atoms with E-state index in [1.54, 1.807) is 0 Å². The molecule has 0 radical (unpaired) electrons. The lowest BCUT2D eigenvalue weighted by atomic mass is 10.2. The van der Waals surface area contributed by atoms with E-state index in [-0.39, 0.29) is 30.3 Å². The van der Waals surface area contributed by atoms with Gasteiger partial charge in [-0.2, -0.15) is 0 Å². The molecule has 19 heavy (non-hydrogen) atoms. The number of imide groups is 1. The van der Waals surface area contributed by atoms with E-state index in [0.29, 0.717) is 13.2 Å². The molecule has 5 nitrogen and oxygen atoms in total. The van der Waals surface area contributed by atoms with Crippen molar-refractivity contribution in [2.45, 2.75) is 51.6 Å². The van der Waals surface area contributed by atoms with Crippen LogP contribution in [0, 0.1) is 5.92 Å². The highest BCUT2D eigenvalue weighted by molar-refractivity contribution is 6.05. The first-order chi connectivity index (χ1) is 9.13. The summed E-state index contributed by atoms with van der Waals surface area (Å²) in [4.78, 5) is 25.3. The second kappa shape index (κ2) is 6.48. The van der Waals surface area contributed by atoms with Gasteiger partial charge in [0.2, 0.25) is 11.8 Å². The Morgan fingerprint density at radius 3 is 2.79 bits per heavy atom. The monoisotopic (exact) mass is 268 g/mol. The number of carbonyl (C=O) groups excluding carboxylic acids is 2. The van der Waals surface area contributed by atoms with Crippen LogP contribution in [-0.2, 0) is 14.3 Å². The van der Waals surface area contributed by atoms with Crippen LogP contribution in [0.2, 0.25) is 0 Å². The van der Waals surface area contributed by atoms with Crippen molar-refractivity contribution in [1.82, 2.24) is 10.2 Å². The van der Waals surface area contributed by atoms with Gasteiger partial charge in [-0.05, 0) is 32.1 Å². The molecule has 0 aromatic heterocycles. The molecule has 0 aromatic rings. The number of nitrogens with zero attached hydrogens (tertiary/aromatic N) is 1. The molecule has 0 aromatic carbocycles. The van der Waals surface area contributed by atoms with Gasteiger partial charge in [-0.3, -0.25) is 14.5 Å². The summed E-state index contributed by atoms with van der Waals surface area (Å²) in [5.41, 5.74) is 0. The van der Waals surface area contributed by atoms with E-state index in [1.165, 1.54) is 17.7 Å². The summed E-state index contributed by atoms with van der Waals surface area (Å²) in [6.07, 6.45) is 3.65. The first-order valence-electron chi connectivity index (χ1n) is 7.30. The van der Waals surface area contributed by atoms with E-state index in [9.17, 15) is 9.59 Å². The van der Waals surface area contributed by atoms with Gasteiger partial charge >= 0.3 is 0 Å². The molecule has 1 heterocycles. The van der Waals surface area contributed by atoms with E-state index >= 15 is 0 Å². The van der Waals surface area contributed by atoms with Gasteiger partial charge in [-0.15, -0.1) is 0 Å². The molecule has 108 valence electrons. The van der Waals surface area contributed by atoms with Crippen molar-refractivity contribution in [2.24, 2.45) is 5.92 Å². The van der Waals surface area contributed by atoms with Gasteiger partial charge in [0.05, 0.1) is 19.1 Å². The zero-order chi connectivity index (χ0) is 13.8. The number of rotatable bonds is 8. The largest absolute Gasteiger partial charge is 0.380 e. The van der Waals surface area contributed by atoms with Crippen LogP contribution in [0.15, 0.2) is 0 Å². The molecule has 2 rings (SSSR count). The fourth-order valence-electron chi connectivity index (χ4n) is 2.30. The summed E-state index contributed by atoms with van der Waals surface area (Å²) in [6.45, 7) is 5.97. The summed E-state index contributed by atoms with van der Waals surface area (Å²) in [5.74, 6) is 0.618. The zero-order valence-electron chi connectivity index (χ0n) is 11.9. The highest BCUT2D eigenvalue weighted by Gasteiger charge is 2.40. The molecular weight excluding hydrogens is 244 g/mol. The number of ether oxygens (including phenoxy) is 1. The third-order valence-electron chi connectivity index (χ3n) is 3.90. The number of amides is 2. The van der Waals surface area contributed by atoms with Crippen LogP contribution in [0.25, 0.3) is 0 Å². The summed E-state index contributed by atoms with van der Waals surface area (Å²) in [5, 5.41) is 3.13. The molecule has 2 atom stereocenters. The molecule has 5 heteroatoms. The molecular formula is C14H24N2O3. The van der Waals surface area contributed by atoms with Crippen LogP contribution in [0.4, 0.5) is 0 Å².